The Balaban J connectivity index is 2.21. The van der Waals surface area contributed by atoms with Crippen LogP contribution in [0.5, 0.6) is 5.75 Å². The number of carbonyl (C=O) groups is 2. The molecular weight excluding hydrogens is 527 g/mol. The number of hydrogen-bond donors (Lipinski definition) is 1. The SMILES string of the molecule is CC[C@H](C)NC(=O)[C@@H](C)N(Cc1ccc(Cl)c(Cl)c1)C(=O)COc1ccc(C(C)C)cc1Br. The summed E-state index contributed by atoms with van der Waals surface area (Å²) in [7, 11) is 0. The molecule has 2 aromatic carbocycles. The van der Waals surface area contributed by atoms with Crippen LogP contribution in [0.1, 0.15) is 58.1 Å². The minimum atomic E-state index is -0.698. The molecular formula is C25H31BrCl2N2O3. The highest BCUT2D eigenvalue weighted by molar-refractivity contribution is 9.10. The van der Waals surface area contributed by atoms with Gasteiger partial charge in [-0.15, -0.1) is 0 Å². The van der Waals surface area contributed by atoms with Crippen LogP contribution in [0.4, 0.5) is 0 Å². The van der Waals surface area contributed by atoms with Crippen molar-refractivity contribution in [3.8, 4) is 5.75 Å². The number of amides is 2. The van der Waals surface area contributed by atoms with Gasteiger partial charge in [-0.25, -0.2) is 0 Å². The molecule has 0 heterocycles. The maximum atomic E-state index is 13.2. The predicted molar refractivity (Wildman–Crippen MR) is 138 cm³/mol. The Morgan fingerprint density at radius 2 is 1.76 bits per heavy atom. The monoisotopic (exact) mass is 556 g/mol. The average molecular weight is 558 g/mol. The second kappa shape index (κ2) is 12.6. The number of halogens is 3. The summed E-state index contributed by atoms with van der Waals surface area (Å²) >= 11 is 15.7. The number of benzene rings is 2. The Kier molecular flexibility index (Phi) is 10.5. The highest BCUT2D eigenvalue weighted by Crippen LogP contribution is 2.29. The van der Waals surface area contributed by atoms with Gasteiger partial charge in [0.05, 0.1) is 14.5 Å². The molecule has 0 aromatic heterocycles. The molecule has 0 aliphatic carbocycles. The Morgan fingerprint density at radius 3 is 2.33 bits per heavy atom. The minimum absolute atomic E-state index is 0.00792. The maximum Gasteiger partial charge on any atom is 0.261 e. The highest BCUT2D eigenvalue weighted by Gasteiger charge is 2.27. The molecule has 8 heteroatoms. The van der Waals surface area contributed by atoms with Crippen LogP contribution in [0.25, 0.3) is 0 Å². The van der Waals surface area contributed by atoms with Gasteiger partial charge in [0.2, 0.25) is 5.91 Å². The van der Waals surface area contributed by atoms with Gasteiger partial charge in [0.15, 0.2) is 6.61 Å². The summed E-state index contributed by atoms with van der Waals surface area (Å²) in [4.78, 5) is 27.5. The van der Waals surface area contributed by atoms with Crippen LogP contribution in [0.3, 0.4) is 0 Å². The van der Waals surface area contributed by atoms with Crippen LogP contribution in [-0.4, -0.2) is 35.4 Å². The molecule has 1 N–H and O–H groups in total. The minimum Gasteiger partial charge on any atom is -0.483 e. The van der Waals surface area contributed by atoms with Gasteiger partial charge in [-0.2, -0.15) is 0 Å². The van der Waals surface area contributed by atoms with Gasteiger partial charge in [-0.3, -0.25) is 9.59 Å². The van der Waals surface area contributed by atoms with Crippen LogP contribution >= 0.6 is 39.1 Å². The number of hydrogen-bond acceptors (Lipinski definition) is 3. The summed E-state index contributed by atoms with van der Waals surface area (Å²) in [5, 5.41) is 3.76. The van der Waals surface area contributed by atoms with Crippen LogP contribution in [0.15, 0.2) is 40.9 Å². The first kappa shape index (κ1) is 27.5. The Labute approximate surface area is 214 Å². The lowest BCUT2D eigenvalue weighted by molar-refractivity contribution is -0.142. The van der Waals surface area contributed by atoms with Gasteiger partial charge in [-0.05, 0) is 77.5 Å². The van der Waals surface area contributed by atoms with Crippen molar-refractivity contribution in [1.82, 2.24) is 10.2 Å². The molecule has 2 amide bonds. The first-order chi connectivity index (χ1) is 15.5. The highest BCUT2D eigenvalue weighted by atomic mass is 79.9. The molecule has 5 nitrogen and oxygen atoms in total. The standard InChI is InChI=1S/C25H31BrCl2N2O3/c1-6-16(4)29-25(32)17(5)30(13-18-7-9-21(27)22(28)11-18)24(31)14-33-23-10-8-19(15(2)3)12-20(23)26/h7-12,15-17H,6,13-14H2,1-5H3,(H,29,32)/t16-,17+/m0/s1. The summed E-state index contributed by atoms with van der Waals surface area (Å²) < 4.78 is 6.59. The van der Waals surface area contributed by atoms with E-state index in [9.17, 15) is 9.59 Å². The topological polar surface area (TPSA) is 58.6 Å². The van der Waals surface area contributed by atoms with Crippen LogP contribution in [-0.2, 0) is 16.1 Å². The second-order valence-electron chi connectivity index (χ2n) is 8.40. The molecule has 0 fully saturated rings. The van der Waals surface area contributed by atoms with E-state index in [1.807, 2.05) is 32.0 Å². The van der Waals surface area contributed by atoms with E-state index in [0.717, 1.165) is 22.0 Å². The van der Waals surface area contributed by atoms with E-state index in [0.29, 0.717) is 21.7 Å². The van der Waals surface area contributed by atoms with Gasteiger partial charge >= 0.3 is 0 Å². The van der Waals surface area contributed by atoms with Crippen molar-refractivity contribution in [2.75, 3.05) is 6.61 Å². The molecule has 0 spiro atoms. The molecule has 33 heavy (non-hydrogen) atoms. The number of rotatable bonds is 10. The first-order valence-electron chi connectivity index (χ1n) is 11.0. The van der Waals surface area contributed by atoms with Crippen molar-refractivity contribution in [3.63, 3.8) is 0 Å². The zero-order chi connectivity index (χ0) is 24.7. The van der Waals surface area contributed by atoms with Gasteiger partial charge in [0.1, 0.15) is 11.8 Å². The molecule has 2 rings (SSSR count). The van der Waals surface area contributed by atoms with Crippen molar-refractivity contribution >= 4 is 50.9 Å². The van der Waals surface area contributed by atoms with Crippen molar-refractivity contribution in [2.45, 2.75) is 65.6 Å². The molecule has 0 bridgehead atoms. The predicted octanol–water partition coefficient (Wildman–Crippen LogP) is 6.59. The maximum absolute atomic E-state index is 13.2. The van der Waals surface area contributed by atoms with Crippen molar-refractivity contribution in [1.29, 1.82) is 0 Å². The number of carbonyl (C=O) groups excluding carboxylic acids is 2. The number of ether oxygens (including phenoxy) is 1. The molecule has 0 unspecified atom stereocenters. The third kappa shape index (κ3) is 7.90. The van der Waals surface area contributed by atoms with E-state index in [-0.39, 0.29) is 31.0 Å². The third-order valence-electron chi connectivity index (χ3n) is 5.48. The fourth-order valence-corrected chi connectivity index (χ4v) is 3.93. The fraction of sp³-hybridized carbons (Fsp3) is 0.440. The molecule has 180 valence electrons. The second-order valence-corrected chi connectivity index (χ2v) is 10.1. The quantitative estimate of drug-likeness (QED) is 0.358. The zero-order valence-corrected chi connectivity index (χ0v) is 22.7. The normalized spacial score (nSPS) is 12.9. The summed E-state index contributed by atoms with van der Waals surface area (Å²) in [6, 6.07) is 10.3. The summed E-state index contributed by atoms with van der Waals surface area (Å²) in [5.41, 5.74) is 1.93. The van der Waals surface area contributed by atoms with Crippen molar-refractivity contribution < 1.29 is 14.3 Å². The van der Waals surface area contributed by atoms with Gasteiger partial charge in [0.25, 0.3) is 5.91 Å². The van der Waals surface area contributed by atoms with Crippen molar-refractivity contribution in [3.05, 3.63) is 62.0 Å². The largest absolute Gasteiger partial charge is 0.483 e. The van der Waals surface area contributed by atoms with Gasteiger partial charge in [0, 0.05) is 12.6 Å². The van der Waals surface area contributed by atoms with E-state index in [4.69, 9.17) is 27.9 Å². The molecule has 2 aromatic rings. The van der Waals surface area contributed by atoms with E-state index < -0.39 is 6.04 Å². The Bertz CT molecular complexity index is 984. The van der Waals surface area contributed by atoms with Crippen LogP contribution in [0.2, 0.25) is 10.0 Å². The lowest BCUT2D eigenvalue weighted by Gasteiger charge is -2.29. The first-order valence-corrected chi connectivity index (χ1v) is 12.5. The third-order valence-corrected chi connectivity index (χ3v) is 6.84. The lowest BCUT2D eigenvalue weighted by atomic mass is 10.0. The smallest absolute Gasteiger partial charge is 0.261 e. The number of nitrogens with one attached hydrogen (secondary N) is 1. The Morgan fingerprint density at radius 1 is 1.06 bits per heavy atom. The molecule has 0 radical (unpaired) electrons. The molecule has 2 atom stereocenters. The summed E-state index contributed by atoms with van der Waals surface area (Å²) in [6.07, 6.45) is 0.794. The van der Waals surface area contributed by atoms with Crippen LogP contribution < -0.4 is 10.1 Å². The molecule has 0 saturated heterocycles. The van der Waals surface area contributed by atoms with Crippen LogP contribution in [0, 0.1) is 0 Å². The van der Waals surface area contributed by atoms with E-state index in [2.05, 4.69) is 35.1 Å². The zero-order valence-electron chi connectivity index (χ0n) is 19.6. The van der Waals surface area contributed by atoms with Gasteiger partial charge < -0.3 is 15.0 Å². The Hall–Kier alpha value is -1.76. The lowest BCUT2D eigenvalue weighted by Crippen LogP contribution is -2.50. The molecule has 0 aliphatic heterocycles. The summed E-state index contributed by atoms with van der Waals surface area (Å²) in [5.74, 6) is 0.412. The number of nitrogens with zero attached hydrogens (tertiary/aromatic N) is 1. The van der Waals surface area contributed by atoms with Crippen molar-refractivity contribution in [2.24, 2.45) is 0 Å². The average Bonchev–Trinajstić information content (AvgIpc) is 2.77. The van der Waals surface area contributed by atoms with E-state index >= 15 is 0 Å². The summed E-state index contributed by atoms with van der Waals surface area (Å²) in [6.45, 7) is 9.84. The van der Waals surface area contributed by atoms with Gasteiger partial charge in [-0.1, -0.05) is 56.1 Å². The van der Waals surface area contributed by atoms with E-state index in [1.165, 1.54) is 4.90 Å². The molecule has 0 saturated carbocycles. The molecule has 0 aliphatic rings. The van der Waals surface area contributed by atoms with E-state index in [1.54, 1.807) is 25.1 Å². The fourth-order valence-electron chi connectivity index (χ4n) is 3.10.